The van der Waals surface area contributed by atoms with Gasteiger partial charge in [0.1, 0.15) is 0 Å². The molecular weight excluding hydrogens is 282 g/mol. The minimum Gasteiger partial charge on any atom is -0.465 e. The van der Waals surface area contributed by atoms with E-state index in [0.29, 0.717) is 19.4 Å². The van der Waals surface area contributed by atoms with Crippen LogP contribution in [0.15, 0.2) is 28.7 Å². The first-order chi connectivity index (χ1) is 8.08. The fraction of sp³-hybridized carbons (Fsp3) is 0.462. The lowest BCUT2D eigenvalue weighted by molar-refractivity contribution is -0.154. The van der Waals surface area contributed by atoms with Gasteiger partial charge >= 0.3 is 5.97 Å². The number of hydrogen-bond acceptors (Lipinski definition) is 3. The molecule has 0 atom stereocenters. The normalized spacial score (nSPS) is 27.4. The number of ether oxygens (including phenoxy) is 1. The highest BCUT2D eigenvalue weighted by Crippen LogP contribution is 2.44. The van der Waals surface area contributed by atoms with E-state index in [1.807, 2.05) is 31.2 Å². The van der Waals surface area contributed by atoms with Gasteiger partial charge in [-0.1, -0.05) is 28.1 Å². The summed E-state index contributed by atoms with van der Waals surface area (Å²) in [6, 6.07) is 7.92. The van der Waals surface area contributed by atoms with Gasteiger partial charge < -0.3 is 10.5 Å². The Balaban J connectivity index is 2.29. The highest BCUT2D eigenvalue weighted by atomic mass is 79.9. The van der Waals surface area contributed by atoms with Gasteiger partial charge in [-0.2, -0.15) is 0 Å². The molecular formula is C13H16BrNO2. The number of carbonyl (C=O) groups is 1. The molecule has 0 saturated heterocycles. The molecule has 1 aliphatic rings. The maximum atomic E-state index is 12.1. The van der Waals surface area contributed by atoms with Crippen LogP contribution >= 0.6 is 15.9 Å². The molecule has 17 heavy (non-hydrogen) atoms. The fourth-order valence-electron chi connectivity index (χ4n) is 2.39. The van der Waals surface area contributed by atoms with E-state index in [0.717, 1.165) is 10.0 Å². The second-order valence-electron chi connectivity index (χ2n) is 4.48. The monoisotopic (exact) mass is 297 g/mol. The Labute approximate surface area is 109 Å². The SMILES string of the molecule is CCOC(=O)C1(c2ccc(Br)cc2)CC(N)C1. The standard InChI is InChI=1S/C13H16BrNO2/c1-2-17-12(16)13(7-11(15)8-13)9-3-5-10(14)6-4-9/h3-6,11H,2,7-8,15H2,1H3. The molecule has 0 amide bonds. The third-order valence-corrected chi connectivity index (χ3v) is 3.81. The van der Waals surface area contributed by atoms with E-state index >= 15 is 0 Å². The number of benzene rings is 1. The number of nitrogens with two attached hydrogens (primary N) is 1. The maximum absolute atomic E-state index is 12.1. The molecule has 3 nitrogen and oxygen atoms in total. The van der Waals surface area contributed by atoms with Crippen LogP contribution in [0.1, 0.15) is 25.3 Å². The summed E-state index contributed by atoms with van der Waals surface area (Å²) >= 11 is 3.39. The molecule has 1 aromatic carbocycles. The van der Waals surface area contributed by atoms with Crippen LogP contribution in [0.3, 0.4) is 0 Å². The Morgan fingerprint density at radius 1 is 1.47 bits per heavy atom. The van der Waals surface area contributed by atoms with Gasteiger partial charge in [-0.15, -0.1) is 0 Å². The summed E-state index contributed by atoms with van der Waals surface area (Å²) in [5.74, 6) is -0.149. The Morgan fingerprint density at radius 2 is 2.06 bits per heavy atom. The van der Waals surface area contributed by atoms with Crippen molar-refractivity contribution in [3.8, 4) is 0 Å². The van der Waals surface area contributed by atoms with Gasteiger partial charge in [0.15, 0.2) is 0 Å². The van der Waals surface area contributed by atoms with Gasteiger partial charge in [-0.05, 0) is 37.5 Å². The molecule has 0 radical (unpaired) electrons. The number of rotatable bonds is 3. The van der Waals surface area contributed by atoms with E-state index in [4.69, 9.17) is 10.5 Å². The number of carbonyl (C=O) groups excluding carboxylic acids is 1. The first-order valence-electron chi connectivity index (χ1n) is 5.77. The molecule has 2 rings (SSSR count). The Morgan fingerprint density at radius 3 is 2.53 bits per heavy atom. The van der Waals surface area contributed by atoms with Crippen LogP contribution in [0.5, 0.6) is 0 Å². The highest BCUT2D eigenvalue weighted by Gasteiger charge is 2.51. The van der Waals surface area contributed by atoms with Crippen LogP contribution < -0.4 is 5.73 Å². The fourth-order valence-corrected chi connectivity index (χ4v) is 2.66. The van der Waals surface area contributed by atoms with Gasteiger partial charge in [0.2, 0.25) is 0 Å². The van der Waals surface area contributed by atoms with Crippen LogP contribution in [-0.2, 0) is 14.9 Å². The minimum atomic E-state index is -0.518. The Hall–Kier alpha value is -0.870. The van der Waals surface area contributed by atoms with E-state index in [1.165, 1.54) is 0 Å². The summed E-state index contributed by atoms with van der Waals surface area (Å²) in [6.07, 6.45) is 1.35. The third-order valence-electron chi connectivity index (χ3n) is 3.28. The Bertz CT molecular complexity index is 410. The van der Waals surface area contributed by atoms with Crippen LogP contribution in [0.2, 0.25) is 0 Å². The second-order valence-corrected chi connectivity index (χ2v) is 5.39. The highest BCUT2D eigenvalue weighted by molar-refractivity contribution is 9.10. The van der Waals surface area contributed by atoms with Crippen LogP contribution in [-0.4, -0.2) is 18.6 Å². The van der Waals surface area contributed by atoms with E-state index < -0.39 is 5.41 Å². The molecule has 4 heteroatoms. The number of halogens is 1. The van der Waals surface area contributed by atoms with Crippen molar-refractivity contribution >= 4 is 21.9 Å². The molecule has 0 aromatic heterocycles. The predicted molar refractivity (Wildman–Crippen MR) is 69.7 cm³/mol. The first kappa shape index (κ1) is 12.6. The summed E-state index contributed by atoms with van der Waals surface area (Å²) < 4.78 is 6.18. The lowest BCUT2D eigenvalue weighted by Crippen LogP contribution is -2.54. The molecule has 1 aromatic rings. The zero-order chi connectivity index (χ0) is 12.5. The van der Waals surface area contributed by atoms with E-state index in [9.17, 15) is 4.79 Å². The number of esters is 1. The van der Waals surface area contributed by atoms with E-state index in [2.05, 4.69) is 15.9 Å². The smallest absolute Gasteiger partial charge is 0.316 e. The van der Waals surface area contributed by atoms with Crippen molar-refractivity contribution in [2.45, 2.75) is 31.2 Å². The van der Waals surface area contributed by atoms with Crippen molar-refractivity contribution in [2.24, 2.45) is 5.73 Å². The molecule has 0 spiro atoms. The largest absolute Gasteiger partial charge is 0.465 e. The van der Waals surface area contributed by atoms with Gasteiger partial charge in [-0.3, -0.25) is 4.79 Å². The minimum absolute atomic E-state index is 0.100. The molecule has 0 unspecified atom stereocenters. The molecule has 1 saturated carbocycles. The molecule has 92 valence electrons. The zero-order valence-electron chi connectivity index (χ0n) is 9.78. The first-order valence-corrected chi connectivity index (χ1v) is 6.56. The second kappa shape index (κ2) is 4.78. The summed E-state index contributed by atoms with van der Waals surface area (Å²) in [4.78, 5) is 12.1. The summed E-state index contributed by atoms with van der Waals surface area (Å²) in [5, 5.41) is 0. The topological polar surface area (TPSA) is 52.3 Å². The summed E-state index contributed by atoms with van der Waals surface area (Å²) in [6.45, 7) is 2.23. The lowest BCUT2D eigenvalue weighted by atomic mass is 9.62. The molecule has 2 N–H and O–H groups in total. The van der Waals surface area contributed by atoms with Gasteiger partial charge in [-0.25, -0.2) is 0 Å². The van der Waals surface area contributed by atoms with Crippen LogP contribution in [0, 0.1) is 0 Å². The Kier molecular flexibility index (Phi) is 3.54. The van der Waals surface area contributed by atoms with E-state index in [-0.39, 0.29) is 12.0 Å². The summed E-state index contributed by atoms with van der Waals surface area (Å²) in [5.41, 5.74) is 6.32. The average Bonchev–Trinajstić information content (AvgIpc) is 2.26. The van der Waals surface area contributed by atoms with Crippen LogP contribution in [0.25, 0.3) is 0 Å². The average molecular weight is 298 g/mol. The van der Waals surface area contributed by atoms with Crippen molar-refractivity contribution in [1.82, 2.24) is 0 Å². The van der Waals surface area contributed by atoms with E-state index in [1.54, 1.807) is 0 Å². The molecule has 0 heterocycles. The molecule has 0 bridgehead atoms. The van der Waals surface area contributed by atoms with Gasteiger partial charge in [0, 0.05) is 10.5 Å². The molecule has 1 aliphatic carbocycles. The number of hydrogen-bond donors (Lipinski definition) is 1. The maximum Gasteiger partial charge on any atom is 0.316 e. The van der Waals surface area contributed by atoms with Crippen molar-refractivity contribution in [3.63, 3.8) is 0 Å². The van der Waals surface area contributed by atoms with Crippen molar-refractivity contribution in [2.75, 3.05) is 6.61 Å². The van der Waals surface area contributed by atoms with Gasteiger partial charge in [0.05, 0.1) is 12.0 Å². The predicted octanol–water partition coefficient (Wildman–Crippen LogP) is 2.37. The molecule has 0 aliphatic heterocycles. The lowest BCUT2D eigenvalue weighted by Gasteiger charge is -2.44. The van der Waals surface area contributed by atoms with Crippen molar-refractivity contribution in [1.29, 1.82) is 0 Å². The van der Waals surface area contributed by atoms with Gasteiger partial charge in [0.25, 0.3) is 0 Å². The quantitative estimate of drug-likeness (QED) is 0.872. The summed E-state index contributed by atoms with van der Waals surface area (Å²) in [7, 11) is 0. The molecule has 1 fully saturated rings. The van der Waals surface area contributed by atoms with Crippen molar-refractivity contribution < 1.29 is 9.53 Å². The third kappa shape index (κ3) is 2.24. The zero-order valence-corrected chi connectivity index (χ0v) is 11.4. The van der Waals surface area contributed by atoms with Crippen molar-refractivity contribution in [3.05, 3.63) is 34.3 Å². The van der Waals surface area contributed by atoms with Crippen LogP contribution in [0.4, 0.5) is 0 Å².